The summed E-state index contributed by atoms with van der Waals surface area (Å²) in [6.07, 6.45) is 0. The lowest BCUT2D eigenvalue weighted by atomic mass is 9.88. The fourth-order valence-electron chi connectivity index (χ4n) is 3.25. The molecule has 3 rings (SSSR count). The highest BCUT2D eigenvalue weighted by Gasteiger charge is 2.37. The minimum absolute atomic E-state index is 0.282. The number of hydrogen-bond acceptors (Lipinski definition) is 2. The van der Waals surface area contributed by atoms with Gasteiger partial charge >= 0.3 is 0 Å². The van der Waals surface area contributed by atoms with E-state index in [1.54, 1.807) is 18.2 Å². The summed E-state index contributed by atoms with van der Waals surface area (Å²) in [4.78, 5) is 13.0. The molecule has 134 valence electrons. The lowest BCUT2D eigenvalue weighted by Gasteiger charge is -2.35. The first-order valence-electron chi connectivity index (χ1n) is 8.25. The largest absolute Gasteiger partial charge is 0.354 e. The number of rotatable bonds is 3. The van der Waals surface area contributed by atoms with Crippen LogP contribution in [0.1, 0.15) is 22.7 Å². The fraction of sp³-hybridized carbons (Fsp3) is 0.200. The quantitative estimate of drug-likeness (QED) is 0.722. The Hall–Kier alpha value is -2.73. The molecule has 4 nitrogen and oxygen atoms in total. The zero-order chi connectivity index (χ0) is 18.8. The molecule has 2 aromatic carbocycles. The van der Waals surface area contributed by atoms with Crippen LogP contribution in [0.2, 0.25) is 0 Å². The number of anilines is 1. The molecular weight excluding hydrogens is 349 g/mol. The number of benzene rings is 2. The van der Waals surface area contributed by atoms with Crippen molar-refractivity contribution < 1.29 is 9.18 Å². The van der Waals surface area contributed by atoms with E-state index in [4.69, 9.17) is 12.2 Å². The van der Waals surface area contributed by atoms with Crippen LogP contribution in [0, 0.1) is 25.6 Å². The zero-order valence-electron chi connectivity index (χ0n) is 14.6. The van der Waals surface area contributed by atoms with Crippen molar-refractivity contribution in [3.63, 3.8) is 0 Å². The van der Waals surface area contributed by atoms with Crippen LogP contribution in [-0.2, 0) is 4.79 Å². The molecule has 0 radical (unpaired) electrons. The van der Waals surface area contributed by atoms with Gasteiger partial charge in [0.15, 0.2) is 5.11 Å². The summed E-state index contributed by atoms with van der Waals surface area (Å²) < 4.78 is 14.3. The minimum Gasteiger partial charge on any atom is -0.354 e. The number of halogens is 1. The molecule has 2 aromatic rings. The van der Waals surface area contributed by atoms with Crippen LogP contribution in [0.15, 0.2) is 54.7 Å². The number of carbonyl (C=O) groups is 1. The van der Waals surface area contributed by atoms with Gasteiger partial charge in [0.2, 0.25) is 5.91 Å². The van der Waals surface area contributed by atoms with Crippen molar-refractivity contribution in [1.82, 2.24) is 10.6 Å². The summed E-state index contributed by atoms with van der Waals surface area (Å²) in [6.45, 7) is 7.86. The smallest absolute Gasteiger partial charge is 0.235 e. The molecule has 6 heteroatoms. The number of hydrogen-bond donors (Lipinski definition) is 3. The molecule has 26 heavy (non-hydrogen) atoms. The Morgan fingerprint density at radius 3 is 2.50 bits per heavy atom. The van der Waals surface area contributed by atoms with Crippen molar-refractivity contribution in [2.45, 2.75) is 19.9 Å². The Kier molecular flexibility index (Phi) is 5.04. The Bertz CT molecular complexity index is 876. The number of aryl methyl sites for hydroxylation is 2. The highest BCUT2D eigenvalue weighted by molar-refractivity contribution is 7.80. The first kappa shape index (κ1) is 18.1. The third kappa shape index (κ3) is 3.75. The second-order valence-electron chi connectivity index (χ2n) is 6.47. The summed E-state index contributed by atoms with van der Waals surface area (Å²) in [5, 5.41) is 9.11. The molecule has 1 amide bonds. The highest BCUT2D eigenvalue weighted by Crippen LogP contribution is 2.32. The lowest BCUT2D eigenvalue weighted by molar-refractivity contribution is -0.119. The second kappa shape index (κ2) is 7.25. The van der Waals surface area contributed by atoms with Crippen molar-refractivity contribution >= 4 is 28.9 Å². The average Bonchev–Trinajstić information content (AvgIpc) is 2.53. The molecule has 1 fully saturated rings. The van der Waals surface area contributed by atoms with Crippen molar-refractivity contribution in [3.8, 4) is 0 Å². The molecule has 1 heterocycles. The Balaban J connectivity index is 1.93. The van der Waals surface area contributed by atoms with E-state index in [2.05, 4.69) is 22.5 Å². The predicted molar refractivity (Wildman–Crippen MR) is 105 cm³/mol. The average molecular weight is 369 g/mol. The Morgan fingerprint density at radius 1 is 1.19 bits per heavy atom. The van der Waals surface area contributed by atoms with Crippen LogP contribution in [-0.4, -0.2) is 11.0 Å². The van der Waals surface area contributed by atoms with Crippen molar-refractivity contribution in [2.24, 2.45) is 5.92 Å². The fourth-order valence-corrected chi connectivity index (χ4v) is 3.50. The van der Waals surface area contributed by atoms with Gasteiger partial charge < -0.3 is 16.0 Å². The maximum Gasteiger partial charge on any atom is 0.235 e. The van der Waals surface area contributed by atoms with E-state index < -0.39 is 17.8 Å². The van der Waals surface area contributed by atoms with E-state index in [0.717, 1.165) is 11.1 Å². The third-order valence-corrected chi connectivity index (χ3v) is 4.50. The Morgan fingerprint density at radius 2 is 1.85 bits per heavy atom. The SMILES string of the molecule is C=C1NC(=S)N[C@@H](c2ccccc2F)[C@H]1C(=O)Nc1cc(C)cc(C)c1. The van der Waals surface area contributed by atoms with Gasteiger partial charge in [-0.25, -0.2) is 4.39 Å². The van der Waals surface area contributed by atoms with Gasteiger partial charge in [0, 0.05) is 16.9 Å². The normalized spacial score (nSPS) is 19.5. The van der Waals surface area contributed by atoms with Gasteiger partial charge in [-0.15, -0.1) is 0 Å². The topological polar surface area (TPSA) is 53.2 Å². The van der Waals surface area contributed by atoms with Gasteiger partial charge in [-0.1, -0.05) is 30.8 Å². The van der Waals surface area contributed by atoms with Gasteiger partial charge in [-0.2, -0.15) is 0 Å². The monoisotopic (exact) mass is 369 g/mol. The summed E-state index contributed by atoms with van der Waals surface area (Å²) in [5.41, 5.74) is 3.60. The number of nitrogens with one attached hydrogen (secondary N) is 3. The lowest BCUT2D eigenvalue weighted by Crippen LogP contribution is -2.51. The molecule has 0 bridgehead atoms. The van der Waals surface area contributed by atoms with E-state index >= 15 is 0 Å². The number of amides is 1. The second-order valence-corrected chi connectivity index (χ2v) is 6.87. The number of carbonyl (C=O) groups excluding carboxylic acids is 1. The zero-order valence-corrected chi connectivity index (χ0v) is 15.4. The maximum absolute atomic E-state index is 14.3. The summed E-state index contributed by atoms with van der Waals surface area (Å²) in [6, 6.07) is 11.5. The van der Waals surface area contributed by atoms with Crippen molar-refractivity contribution in [2.75, 3.05) is 5.32 Å². The molecule has 1 aliphatic rings. The van der Waals surface area contributed by atoms with Gasteiger partial charge in [0.25, 0.3) is 0 Å². The van der Waals surface area contributed by atoms with Crippen molar-refractivity contribution in [3.05, 3.63) is 77.2 Å². The van der Waals surface area contributed by atoms with Crippen LogP contribution in [0.5, 0.6) is 0 Å². The first-order valence-corrected chi connectivity index (χ1v) is 8.66. The molecule has 2 atom stereocenters. The van der Waals surface area contributed by atoms with E-state index in [1.165, 1.54) is 6.07 Å². The van der Waals surface area contributed by atoms with Gasteiger partial charge in [0.05, 0.1) is 6.04 Å². The van der Waals surface area contributed by atoms with Crippen molar-refractivity contribution in [1.29, 1.82) is 0 Å². The molecule has 0 unspecified atom stereocenters. The van der Waals surface area contributed by atoms with Crippen LogP contribution < -0.4 is 16.0 Å². The number of thiocarbonyl (C=S) groups is 1. The molecular formula is C20H20FN3OS. The standard InChI is InChI=1S/C20H20FN3OS/c1-11-8-12(2)10-14(9-11)23-19(25)17-13(3)22-20(26)24-18(17)15-6-4-5-7-16(15)21/h4-10,17-18H,3H2,1-2H3,(H,23,25)(H2,22,24,26)/t17-,18-/m0/s1. The molecule has 1 aliphatic heterocycles. The predicted octanol–water partition coefficient (Wildman–Crippen LogP) is 3.73. The van der Waals surface area contributed by atoms with Gasteiger partial charge in [0.1, 0.15) is 11.7 Å². The molecule has 1 saturated heterocycles. The maximum atomic E-state index is 14.3. The van der Waals surface area contributed by atoms with Crippen LogP contribution >= 0.6 is 12.2 Å². The van der Waals surface area contributed by atoms with E-state index in [9.17, 15) is 9.18 Å². The summed E-state index contributed by atoms with van der Waals surface area (Å²) in [5.74, 6) is -1.40. The van der Waals surface area contributed by atoms with Gasteiger partial charge in [-0.3, -0.25) is 4.79 Å². The third-order valence-electron chi connectivity index (χ3n) is 4.28. The van der Waals surface area contributed by atoms with E-state index in [0.29, 0.717) is 22.1 Å². The molecule has 0 aromatic heterocycles. The molecule has 0 saturated carbocycles. The van der Waals surface area contributed by atoms with Gasteiger partial charge in [-0.05, 0) is 55.4 Å². The molecule has 0 spiro atoms. The van der Waals surface area contributed by atoms with Crippen LogP contribution in [0.4, 0.5) is 10.1 Å². The summed E-state index contributed by atoms with van der Waals surface area (Å²) >= 11 is 5.17. The van der Waals surface area contributed by atoms with Crippen LogP contribution in [0.3, 0.4) is 0 Å². The van der Waals surface area contributed by atoms with Crippen LogP contribution in [0.25, 0.3) is 0 Å². The van der Waals surface area contributed by atoms with E-state index in [1.807, 2.05) is 32.0 Å². The van der Waals surface area contributed by atoms with E-state index in [-0.39, 0.29) is 5.91 Å². The molecule has 0 aliphatic carbocycles. The minimum atomic E-state index is -0.723. The molecule has 3 N–H and O–H groups in total. The first-order chi connectivity index (χ1) is 12.3. The highest BCUT2D eigenvalue weighted by atomic mass is 32.1. The summed E-state index contributed by atoms with van der Waals surface area (Å²) in [7, 11) is 0. The Labute approximate surface area is 157 Å².